The smallest absolute Gasteiger partial charge is 0.123 e. The molecule has 3 heteroatoms. The Kier molecular flexibility index (Phi) is 8.82. The van der Waals surface area contributed by atoms with Crippen molar-refractivity contribution in [1.82, 2.24) is 0 Å². The summed E-state index contributed by atoms with van der Waals surface area (Å²) in [6.07, 6.45) is 1.98. The molecule has 0 aromatic heterocycles. The van der Waals surface area contributed by atoms with Crippen molar-refractivity contribution in [3.8, 4) is 5.75 Å². The molecule has 0 saturated carbocycles. The SMILES string of the molecule is CCC(C)(Pc1c(C)cccc1CP(c1ccccc1)c1ccccc1)c1cc(C)cc(C(C)(C)C)c1O. The fourth-order valence-electron chi connectivity index (χ4n) is 5.15. The standard InChI is InChI=1S/C35H42OP2/c1-8-35(7,31-23-25(2)22-30(32(31)36)34(4,5)6)37-33-26(3)16-15-17-27(33)24-38(28-18-11-9-12-19-28)29-20-13-10-14-21-29/h9-23,36-37H,8,24H2,1-7H3. The highest BCUT2D eigenvalue weighted by molar-refractivity contribution is 7.72. The molecule has 4 aromatic carbocycles. The van der Waals surface area contributed by atoms with Crippen molar-refractivity contribution in [2.75, 3.05) is 0 Å². The zero-order chi connectivity index (χ0) is 27.5. The van der Waals surface area contributed by atoms with Gasteiger partial charge in [0.2, 0.25) is 0 Å². The normalized spacial score (nSPS) is 13.8. The molecule has 0 heterocycles. The minimum atomic E-state index is -0.533. The van der Waals surface area contributed by atoms with Gasteiger partial charge in [0, 0.05) is 16.9 Å². The lowest BCUT2D eigenvalue weighted by Crippen LogP contribution is -2.24. The Bertz CT molecular complexity index is 1330. The molecule has 0 bridgehead atoms. The number of phenolic OH excluding ortho intramolecular Hbond substituents is 1. The maximum Gasteiger partial charge on any atom is 0.123 e. The number of phenols is 1. The maximum absolute atomic E-state index is 11.6. The Hall–Kier alpha value is -2.46. The Morgan fingerprint density at radius 3 is 1.82 bits per heavy atom. The molecule has 0 spiro atoms. The summed E-state index contributed by atoms with van der Waals surface area (Å²) in [6.45, 7) is 15.6. The van der Waals surface area contributed by atoms with Crippen LogP contribution >= 0.6 is 16.5 Å². The number of aromatic hydroxyl groups is 1. The first kappa shape index (κ1) is 28.5. The van der Waals surface area contributed by atoms with Gasteiger partial charge in [-0.05, 0) is 66.2 Å². The van der Waals surface area contributed by atoms with Crippen LogP contribution < -0.4 is 15.9 Å². The largest absolute Gasteiger partial charge is 0.507 e. The van der Waals surface area contributed by atoms with E-state index in [2.05, 4.69) is 139 Å². The average Bonchev–Trinajstić information content (AvgIpc) is 2.90. The van der Waals surface area contributed by atoms with Gasteiger partial charge in [0.1, 0.15) is 5.75 Å². The Labute approximate surface area is 233 Å². The third kappa shape index (κ3) is 6.22. The topological polar surface area (TPSA) is 20.2 Å². The number of hydrogen-bond acceptors (Lipinski definition) is 1. The van der Waals surface area contributed by atoms with Gasteiger partial charge in [-0.3, -0.25) is 0 Å². The van der Waals surface area contributed by atoms with Crippen LogP contribution in [0.1, 0.15) is 68.9 Å². The molecule has 0 aliphatic carbocycles. The van der Waals surface area contributed by atoms with Crippen LogP contribution in [0.15, 0.2) is 91.0 Å². The molecule has 4 aromatic rings. The summed E-state index contributed by atoms with van der Waals surface area (Å²) >= 11 is 0. The first-order valence-electron chi connectivity index (χ1n) is 13.6. The van der Waals surface area contributed by atoms with E-state index < -0.39 is 7.92 Å². The van der Waals surface area contributed by atoms with Crippen molar-refractivity contribution in [3.05, 3.63) is 119 Å². The summed E-state index contributed by atoms with van der Waals surface area (Å²) in [5.41, 5.74) is 6.01. The van der Waals surface area contributed by atoms with E-state index in [0.29, 0.717) is 14.3 Å². The lowest BCUT2D eigenvalue weighted by molar-refractivity contribution is 0.430. The highest BCUT2D eigenvalue weighted by Crippen LogP contribution is 2.51. The van der Waals surface area contributed by atoms with E-state index in [1.807, 2.05) is 0 Å². The van der Waals surface area contributed by atoms with Crippen LogP contribution in [-0.4, -0.2) is 5.11 Å². The van der Waals surface area contributed by atoms with Crippen LogP contribution in [0.2, 0.25) is 0 Å². The predicted octanol–water partition coefficient (Wildman–Crippen LogP) is 8.57. The molecule has 198 valence electrons. The fourth-order valence-corrected chi connectivity index (χ4v) is 9.30. The molecule has 0 fully saturated rings. The zero-order valence-corrected chi connectivity index (χ0v) is 25.9. The van der Waals surface area contributed by atoms with Gasteiger partial charge in [-0.15, -0.1) is 0 Å². The number of rotatable bonds is 8. The van der Waals surface area contributed by atoms with Crippen molar-refractivity contribution >= 4 is 32.4 Å². The summed E-state index contributed by atoms with van der Waals surface area (Å²) in [4.78, 5) is 0. The first-order chi connectivity index (χ1) is 18.0. The molecule has 0 saturated heterocycles. The molecule has 2 unspecified atom stereocenters. The Morgan fingerprint density at radius 2 is 1.29 bits per heavy atom. The van der Waals surface area contributed by atoms with E-state index in [-0.39, 0.29) is 10.6 Å². The molecule has 1 N–H and O–H groups in total. The van der Waals surface area contributed by atoms with E-state index in [0.717, 1.165) is 23.7 Å². The van der Waals surface area contributed by atoms with Crippen molar-refractivity contribution in [3.63, 3.8) is 0 Å². The number of benzene rings is 4. The molecular formula is C35H42OP2. The Morgan fingerprint density at radius 1 is 0.737 bits per heavy atom. The summed E-state index contributed by atoms with van der Waals surface area (Å²) in [5.74, 6) is 0.478. The van der Waals surface area contributed by atoms with Crippen LogP contribution in [0.4, 0.5) is 0 Å². The quantitative estimate of drug-likeness (QED) is 0.222. The van der Waals surface area contributed by atoms with E-state index >= 15 is 0 Å². The van der Waals surface area contributed by atoms with E-state index in [9.17, 15) is 5.11 Å². The number of hydrogen-bond donors (Lipinski definition) is 1. The minimum Gasteiger partial charge on any atom is -0.507 e. The highest BCUT2D eigenvalue weighted by atomic mass is 31.1. The molecule has 0 aliphatic heterocycles. The summed E-state index contributed by atoms with van der Waals surface area (Å²) < 4.78 is 0. The van der Waals surface area contributed by atoms with Crippen LogP contribution in [0.3, 0.4) is 0 Å². The van der Waals surface area contributed by atoms with Crippen molar-refractivity contribution in [2.24, 2.45) is 0 Å². The second kappa shape index (κ2) is 11.7. The van der Waals surface area contributed by atoms with Gasteiger partial charge >= 0.3 is 0 Å². The number of aryl methyl sites for hydroxylation is 2. The molecular weight excluding hydrogens is 498 g/mol. The van der Waals surface area contributed by atoms with Crippen molar-refractivity contribution in [2.45, 2.75) is 71.6 Å². The van der Waals surface area contributed by atoms with Crippen LogP contribution in [0.5, 0.6) is 5.75 Å². The second-order valence-electron chi connectivity index (χ2n) is 11.6. The van der Waals surface area contributed by atoms with E-state index in [1.54, 1.807) is 0 Å². The maximum atomic E-state index is 11.6. The Balaban J connectivity index is 1.79. The highest BCUT2D eigenvalue weighted by Gasteiger charge is 2.33. The van der Waals surface area contributed by atoms with Gasteiger partial charge in [0.25, 0.3) is 0 Å². The molecule has 1 nitrogen and oxygen atoms in total. The van der Waals surface area contributed by atoms with Crippen LogP contribution in [0, 0.1) is 13.8 Å². The summed E-state index contributed by atoms with van der Waals surface area (Å²) in [6, 6.07) is 33.2. The van der Waals surface area contributed by atoms with Gasteiger partial charge in [0.15, 0.2) is 0 Å². The monoisotopic (exact) mass is 540 g/mol. The molecule has 0 radical (unpaired) electrons. The minimum absolute atomic E-state index is 0.113. The zero-order valence-electron chi connectivity index (χ0n) is 24.0. The van der Waals surface area contributed by atoms with Gasteiger partial charge in [-0.1, -0.05) is 140 Å². The second-order valence-corrected chi connectivity index (χ2v) is 15.7. The van der Waals surface area contributed by atoms with Gasteiger partial charge in [-0.2, -0.15) is 0 Å². The van der Waals surface area contributed by atoms with Crippen molar-refractivity contribution < 1.29 is 5.11 Å². The van der Waals surface area contributed by atoms with Gasteiger partial charge in [-0.25, -0.2) is 0 Å². The van der Waals surface area contributed by atoms with Crippen molar-refractivity contribution in [1.29, 1.82) is 0 Å². The lowest BCUT2D eigenvalue weighted by atomic mass is 9.82. The third-order valence-corrected chi connectivity index (χ3v) is 12.2. The summed E-state index contributed by atoms with van der Waals surface area (Å²) in [7, 11) is 0.0287. The molecule has 4 rings (SSSR count). The molecule has 0 amide bonds. The molecule has 2 atom stereocenters. The van der Waals surface area contributed by atoms with E-state index in [1.165, 1.54) is 32.6 Å². The van der Waals surface area contributed by atoms with Gasteiger partial charge < -0.3 is 5.11 Å². The fraction of sp³-hybridized carbons (Fsp3) is 0.314. The molecule has 0 aliphatic rings. The molecule has 38 heavy (non-hydrogen) atoms. The van der Waals surface area contributed by atoms with Crippen LogP contribution in [-0.2, 0) is 16.7 Å². The van der Waals surface area contributed by atoms with E-state index in [4.69, 9.17) is 0 Å². The summed E-state index contributed by atoms with van der Waals surface area (Å²) in [5, 5.41) is 15.7. The van der Waals surface area contributed by atoms with Gasteiger partial charge in [0.05, 0.1) is 0 Å². The average molecular weight is 541 g/mol. The third-order valence-electron chi connectivity index (χ3n) is 7.59. The predicted molar refractivity (Wildman–Crippen MR) is 171 cm³/mol. The van der Waals surface area contributed by atoms with Crippen LogP contribution in [0.25, 0.3) is 0 Å². The lowest BCUT2D eigenvalue weighted by Gasteiger charge is -2.34. The first-order valence-corrected chi connectivity index (χ1v) is 16.1.